The van der Waals surface area contributed by atoms with E-state index < -0.39 is 23.4 Å². The molecule has 286 valence electrons. The molecule has 0 bridgehead atoms. The van der Waals surface area contributed by atoms with E-state index in [9.17, 15) is 21.8 Å². The summed E-state index contributed by atoms with van der Waals surface area (Å²) in [4.78, 5) is 7.83. The molecule has 0 radical (unpaired) electrons. The van der Waals surface area contributed by atoms with Gasteiger partial charge in [0.15, 0.2) is 11.5 Å². The number of hydrogen-bond donors (Lipinski definition) is 2. The first-order valence-electron chi connectivity index (χ1n) is 17.2. The number of aromatic nitrogens is 2. The van der Waals surface area contributed by atoms with Crippen LogP contribution in [0.1, 0.15) is 79.2 Å². The molecule has 0 spiro atoms. The topological polar surface area (TPSA) is 88.7 Å². The second-order valence-electron chi connectivity index (χ2n) is 11.0. The Bertz CT molecular complexity index is 1560. The van der Waals surface area contributed by atoms with Crippen LogP contribution in [0.5, 0.6) is 11.5 Å². The van der Waals surface area contributed by atoms with Gasteiger partial charge in [-0.3, -0.25) is 0 Å². The van der Waals surface area contributed by atoms with Gasteiger partial charge in [0.25, 0.3) is 0 Å². The zero-order valence-corrected chi connectivity index (χ0v) is 32.8. The predicted molar refractivity (Wildman–Crippen MR) is 204 cm³/mol. The molecule has 1 aromatic carbocycles. The fraction of sp³-hybridized carbons (Fsp3) is 0.528. The normalized spacial score (nSPS) is 16.4. The highest BCUT2D eigenvalue weighted by molar-refractivity contribution is 8.21. The van der Waals surface area contributed by atoms with E-state index >= 15 is 0 Å². The van der Waals surface area contributed by atoms with Gasteiger partial charge in [0.2, 0.25) is 0 Å². The van der Waals surface area contributed by atoms with Crippen molar-refractivity contribution in [1.29, 1.82) is 0 Å². The summed E-state index contributed by atoms with van der Waals surface area (Å²) in [6.45, 7) is 12.4. The molecule has 0 saturated carbocycles. The molecule has 15 heteroatoms. The smallest absolute Gasteiger partial charge is 0.395 e. The number of H-pyrrole nitrogens is 1. The molecule has 0 amide bonds. The van der Waals surface area contributed by atoms with Crippen LogP contribution in [0.3, 0.4) is 0 Å². The number of alkyl halides is 4. The zero-order chi connectivity index (χ0) is 38.0. The summed E-state index contributed by atoms with van der Waals surface area (Å²) in [6, 6.07) is 7.11. The monoisotopic (exact) mass is 778 g/mol. The van der Waals surface area contributed by atoms with Gasteiger partial charge < -0.3 is 24.5 Å². The second kappa shape index (κ2) is 22.3. The van der Waals surface area contributed by atoms with Gasteiger partial charge in [0.05, 0.1) is 11.0 Å². The van der Waals surface area contributed by atoms with Gasteiger partial charge in [-0.15, -0.1) is 8.78 Å². The number of fused-ring (bicyclic) bond motifs is 2. The van der Waals surface area contributed by atoms with Gasteiger partial charge >= 0.3 is 12.4 Å². The number of pyridine rings is 1. The number of hydrogen-bond acceptors (Lipinski definition) is 7. The van der Waals surface area contributed by atoms with Crippen LogP contribution in [0.2, 0.25) is 0 Å². The number of piperidine rings is 1. The standard InChI is InChI=1S/C29H33ClF2N4O3S2.C3H6F2O.2C2H6/c1-2-14-41(37)36-11-9-23(10-12-36)33-17-21(6-4-3-5-13-40-30)22-15-24-25(19-35-28(24)34-18-22)20-7-8-26-27(16-20)39-29(31,32)38-26;1-3(4,5)6-2;2*1-2/h4,6-8,15-19,23,33H,2-3,5,9-14H2,1H3,(H,34,35);1-2H3;2*1-2H3/b6-4?,21-17+;;;. The minimum atomic E-state index is -3.67. The van der Waals surface area contributed by atoms with Crippen LogP contribution >= 0.6 is 21.7 Å². The maximum Gasteiger partial charge on any atom is 0.586 e. The van der Waals surface area contributed by atoms with Gasteiger partial charge in [0, 0.05) is 79.8 Å². The third-order valence-electron chi connectivity index (χ3n) is 7.42. The van der Waals surface area contributed by atoms with Gasteiger partial charge in [-0.25, -0.2) is 13.5 Å². The quantitative estimate of drug-likeness (QED) is 0.101. The van der Waals surface area contributed by atoms with Crippen molar-refractivity contribution in [2.45, 2.75) is 92.1 Å². The fourth-order valence-corrected chi connectivity index (χ4v) is 6.78. The molecule has 1 unspecified atom stereocenters. The van der Waals surface area contributed by atoms with E-state index in [1.807, 2.05) is 46.3 Å². The molecule has 4 heterocycles. The highest BCUT2D eigenvalue weighted by atomic mass is 35.7. The Morgan fingerprint density at radius 3 is 2.49 bits per heavy atom. The predicted octanol–water partition coefficient (Wildman–Crippen LogP) is 10.5. The summed E-state index contributed by atoms with van der Waals surface area (Å²) in [5.41, 5.74) is 4.11. The highest BCUT2D eigenvalue weighted by Gasteiger charge is 2.43. The minimum absolute atomic E-state index is 0.00151. The third kappa shape index (κ3) is 14.3. The SMILES string of the molecule is CC.CC.CCCS(=O)N1CCC(N/C=C(\C=CCCCSCl)c2cnc3[nH]cc(-c4ccc5c(c4)OC(F)(F)O5)c3c2)CC1.COC(C)(F)F. The molecule has 1 fully saturated rings. The lowest BCUT2D eigenvalue weighted by Crippen LogP contribution is -2.42. The summed E-state index contributed by atoms with van der Waals surface area (Å²) < 4.78 is 76.9. The van der Waals surface area contributed by atoms with Gasteiger partial charge in [-0.05, 0) is 72.1 Å². The molecule has 3 aromatic rings. The third-order valence-corrected chi connectivity index (χ3v) is 10.0. The lowest BCUT2D eigenvalue weighted by molar-refractivity contribution is -0.286. The van der Waals surface area contributed by atoms with Gasteiger partial charge in [-0.1, -0.05) is 63.8 Å². The molecular weight excluding hydrogens is 728 g/mol. The molecule has 5 rings (SSSR count). The van der Waals surface area contributed by atoms with Crippen molar-refractivity contribution < 1.29 is 36.0 Å². The van der Waals surface area contributed by atoms with Gasteiger partial charge in [0.1, 0.15) is 5.65 Å². The summed E-state index contributed by atoms with van der Waals surface area (Å²) in [5, 5.41) is 4.45. The van der Waals surface area contributed by atoms with E-state index in [1.54, 1.807) is 12.1 Å². The van der Waals surface area contributed by atoms with E-state index in [4.69, 9.17) is 10.7 Å². The van der Waals surface area contributed by atoms with E-state index in [1.165, 1.54) is 17.0 Å². The maximum absolute atomic E-state index is 13.6. The number of ether oxygens (including phenoxy) is 3. The number of methoxy groups -OCH3 is 1. The Morgan fingerprint density at radius 1 is 1.20 bits per heavy atom. The Labute approximate surface area is 310 Å². The Morgan fingerprint density at radius 2 is 1.86 bits per heavy atom. The lowest BCUT2D eigenvalue weighted by Gasteiger charge is -2.31. The van der Waals surface area contributed by atoms with E-state index in [0.717, 1.165) is 80.1 Å². The van der Waals surface area contributed by atoms with E-state index in [0.29, 0.717) is 23.9 Å². The zero-order valence-electron chi connectivity index (χ0n) is 30.4. The molecule has 2 N–H and O–H groups in total. The second-order valence-corrected chi connectivity index (χ2v) is 13.9. The molecule has 51 heavy (non-hydrogen) atoms. The lowest BCUT2D eigenvalue weighted by atomic mass is 10.0. The molecule has 2 aliphatic rings. The van der Waals surface area contributed by atoms with Gasteiger partial charge in [-0.2, -0.15) is 8.78 Å². The number of nitrogens with one attached hydrogen (secondary N) is 2. The van der Waals surface area contributed by atoms with Crippen LogP contribution in [0.25, 0.3) is 27.7 Å². The number of benzene rings is 1. The number of allylic oxidation sites excluding steroid dienone is 3. The number of nitrogens with zero attached hydrogens (tertiary/aromatic N) is 2. The molecule has 8 nitrogen and oxygen atoms in total. The van der Waals surface area contributed by atoms with Crippen LogP contribution in [0.4, 0.5) is 17.6 Å². The number of rotatable bonds is 13. The van der Waals surface area contributed by atoms with Crippen molar-refractivity contribution in [3.8, 4) is 22.6 Å². The largest absolute Gasteiger partial charge is 0.586 e. The summed E-state index contributed by atoms with van der Waals surface area (Å²) in [5.74, 6) is 1.60. The Balaban J connectivity index is 0.000000806. The van der Waals surface area contributed by atoms with Crippen LogP contribution < -0.4 is 14.8 Å². The average molecular weight is 779 g/mol. The molecule has 0 aliphatic carbocycles. The minimum Gasteiger partial charge on any atom is -0.395 e. The van der Waals surface area contributed by atoms with Crippen molar-refractivity contribution >= 4 is 49.2 Å². The maximum atomic E-state index is 13.6. The average Bonchev–Trinajstić information content (AvgIpc) is 3.69. The summed E-state index contributed by atoms with van der Waals surface area (Å²) >= 11 is 0. The summed E-state index contributed by atoms with van der Waals surface area (Å²) in [7, 11) is 7.14. The molecule has 2 aromatic heterocycles. The van der Waals surface area contributed by atoms with E-state index in [2.05, 4.69) is 58.9 Å². The van der Waals surface area contributed by atoms with Crippen molar-refractivity contribution in [3.63, 3.8) is 0 Å². The molecule has 1 saturated heterocycles. The Hall–Kier alpha value is -2.78. The van der Waals surface area contributed by atoms with Crippen LogP contribution in [0.15, 0.2) is 55.0 Å². The van der Waals surface area contributed by atoms with Crippen LogP contribution in [-0.2, 0) is 15.7 Å². The Kier molecular flexibility index (Phi) is 19.4. The van der Waals surface area contributed by atoms with Crippen molar-refractivity contribution in [3.05, 3.63) is 60.6 Å². The highest BCUT2D eigenvalue weighted by Crippen LogP contribution is 2.43. The number of aromatic amines is 1. The van der Waals surface area contributed by atoms with Crippen molar-refractivity contribution in [2.75, 3.05) is 31.7 Å². The molecule has 2 aliphatic heterocycles. The molecule has 1 atom stereocenters. The number of halogens is 5. The first-order chi connectivity index (χ1) is 24.4. The van der Waals surface area contributed by atoms with Crippen molar-refractivity contribution in [2.24, 2.45) is 0 Å². The van der Waals surface area contributed by atoms with Crippen molar-refractivity contribution in [1.82, 2.24) is 19.6 Å². The van der Waals surface area contributed by atoms with E-state index in [-0.39, 0.29) is 17.5 Å². The number of unbranched alkanes of at least 4 members (excludes halogenated alkanes) is 1. The molecular formula is C36H51ClF4N4O4S2. The van der Waals surface area contributed by atoms with Crippen LogP contribution in [0, 0.1) is 0 Å². The summed E-state index contributed by atoms with van der Waals surface area (Å²) in [6.07, 6.45) is 7.89. The first-order valence-corrected chi connectivity index (χ1v) is 20.3. The first kappa shape index (κ1) is 44.4. The van der Waals surface area contributed by atoms with Crippen LogP contribution in [-0.4, -0.2) is 68.6 Å². The fourth-order valence-electron chi connectivity index (χ4n) is 4.95.